The van der Waals surface area contributed by atoms with E-state index in [1.54, 1.807) is 18.5 Å². The number of anilines is 4. The first-order chi connectivity index (χ1) is 15.5. The van der Waals surface area contributed by atoms with Gasteiger partial charge in [-0.2, -0.15) is 0 Å². The summed E-state index contributed by atoms with van der Waals surface area (Å²) in [5, 5.41) is 3.41. The number of hydrogen-bond acceptors (Lipinski definition) is 6. The molecule has 166 valence electrons. The number of methoxy groups -OCH3 is 1. The number of nitrogens with one attached hydrogen (secondary N) is 1. The highest BCUT2D eigenvalue weighted by molar-refractivity contribution is 5.95. The van der Waals surface area contributed by atoms with Gasteiger partial charge < -0.3 is 19.9 Å². The van der Waals surface area contributed by atoms with Crippen LogP contribution in [0.15, 0.2) is 60.9 Å². The Bertz CT molecular complexity index is 1100. The molecule has 4 rings (SSSR count). The molecule has 6 nitrogen and oxygen atoms in total. The van der Waals surface area contributed by atoms with E-state index >= 15 is 0 Å². The number of pyridine rings is 1. The lowest BCUT2D eigenvalue weighted by Crippen LogP contribution is -2.14. The molecular formula is C26H30N4O2. The monoisotopic (exact) mass is 430 g/mol. The van der Waals surface area contributed by atoms with Gasteiger partial charge in [-0.25, -0.2) is 4.79 Å². The van der Waals surface area contributed by atoms with Crippen LogP contribution in [-0.2, 0) is 11.2 Å². The van der Waals surface area contributed by atoms with E-state index in [2.05, 4.69) is 83.7 Å². The molecule has 0 unspecified atom stereocenters. The summed E-state index contributed by atoms with van der Waals surface area (Å²) in [7, 11) is 7.60. The molecule has 0 radical (unpaired) electrons. The maximum Gasteiger partial charge on any atom is 0.340 e. The smallest absolute Gasteiger partial charge is 0.340 e. The lowest BCUT2D eigenvalue weighted by atomic mass is 10.0. The molecule has 0 bridgehead atoms. The van der Waals surface area contributed by atoms with Gasteiger partial charge in [0.15, 0.2) is 0 Å². The number of aromatic nitrogens is 1. The van der Waals surface area contributed by atoms with Crippen molar-refractivity contribution in [3.8, 4) is 0 Å². The van der Waals surface area contributed by atoms with E-state index in [0.29, 0.717) is 17.2 Å². The van der Waals surface area contributed by atoms with Gasteiger partial charge in [0.05, 0.1) is 24.6 Å². The van der Waals surface area contributed by atoms with Crippen LogP contribution in [0, 0.1) is 0 Å². The fraction of sp³-hybridized carbons (Fsp3) is 0.308. The maximum absolute atomic E-state index is 12.0. The van der Waals surface area contributed by atoms with Crippen LogP contribution in [0.5, 0.6) is 0 Å². The first-order valence-corrected chi connectivity index (χ1v) is 10.9. The lowest BCUT2D eigenvalue weighted by Gasteiger charge is -2.22. The quantitative estimate of drug-likeness (QED) is 0.541. The van der Waals surface area contributed by atoms with E-state index in [4.69, 9.17) is 4.74 Å². The van der Waals surface area contributed by atoms with Gasteiger partial charge in [-0.3, -0.25) is 4.98 Å². The Balaban J connectivity index is 1.47. The van der Waals surface area contributed by atoms with E-state index in [-0.39, 0.29) is 5.97 Å². The van der Waals surface area contributed by atoms with Gasteiger partial charge in [0.1, 0.15) is 0 Å². The summed E-state index contributed by atoms with van der Waals surface area (Å²) in [5.41, 5.74) is 7.54. The number of carbonyl (C=O) groups is 1. The molecule has 1 aromatic heterocycles. The minimum absolute atomic E-state index is 0.354. The molecular weight excluding hydrogens is 400 g/mol. The molecule has 0 fully saturated rings. The Kier molecular flexibility index (Phi) is 6.30. The van der Waals surface area contributed by atoms with Crippen molar-refractivity contribution in [3.63, 3.8) is 0 Å². The summed E-state index contributed by atoms with van der Waals surface area (Å²) in [6.07, 6.45) is 5.43. The van der Waals surface area contributed by atoms with Crippen LogP contribution in [0.2, 0.25) is 0 Å². The van der Waals surface area contributed by atoms with Crippen molar-refractivity contribution in [2.75, 3.05) is 49.9 Å². The Morgan fingerprint density at radius 1 is 1.06 bits per heavy atom. The molecule has 0 aliphatic heterocycles. The third kappa shape index (κ3) is 4.40. The van der Waals surface area contributed by atoms with E-state index in [1.807, 2.05) is 0 Å². The molecule has 0 spiro atoms. The number of aryl methyl sites for hydroxylation is 1. The van der Waals surface area contributed by atoms with Crippen LogP contribution in [0.4, 0.5) is 22.7 Å². The van der Waals surface area contributed by atoms with Gasteiger partial charge in [-0.1, -0.05) is 6.07 Å². The minimum atomic E-state index is -0.354. The van der Waals surface area contributed by atoms with Crippen molar-refractivity contribution in [3.05, 3.63) is 77.6 Å². The zero-order chi connectivity index (χ0) is 22.7. The maximum atomic E-state index is 12.0. The average molecular weight is 431 g/mol. The minimum Gasteiger partial charge on any atom is -0.465 e. The molecule has 1 aliphatic carbocycles. The summed E-state index contributed by atoms with van der Waals surface area (Å²) in [6, 6.07) is 17.0. The standard InChI is InChI=1S/C26H30N4O2/c1-29(2)20-7-9-21(10-8-20)30(3)22-11-12-23-18(15-22)5-6-19(23)16-28-25-17-27-14-13-24(25)26(31)32-4/h7-15,17,19,28H,5-6,16H2,1-4H3/t19-/m0/s1. The number of nitrogens with zero attached hydrogens (tertiary/aromatic N) is 3. The summed E-state index contributed by atoms with van der Waals surface area (Å²) in [6.45, 7) is 0.754. The molecule has 1 aliphatic rings. The van der Waals surface area contributed by atoms with Crippen molar-refractivity contribution >= 4 is 28.7 Å². The zero-order valence-electron chi connectivity index (χ0n) is 19.1. The van der Waals surface area contributed by atoms with Crippen LogP contribution in [0.1, 0.15) is 33.8 Å². The predicted octanol–water partition coefficient (Wildman–Crippen LogP) is 4.84. The summed E-state index contributed by atoms with van der Waals surface area (Å²) in [4.78, 5) is 20.5. The molecule has 6 heteroatoms. The fourth-order valence-corrected chi connectivity index (χ4v) is 4.29. The third-order valence-corrected chi connectivity index (χ3v) is 6.23. The number of benzene rings is 2. The second kappa shape index (κ2) is 9.30. The summed E-state index contributed by atoms with van der Waals surface area (Å²) < 4.78 is 4.88. The van der Waals surface area contributed by atoms with Crippen LogP contribution in [0.3, 0.4) is 0 Å². The first kappa shape index (κ1) is 21.7. The zero-order valence-corrected chi connectivity index (χ0v) is 19.1. The highest BCUT2D eigenvalue weighted by Gasteiger charge is 2.24. The van der Waals surface area contributed by atoms with Gasteiger partial charge in [0, 0.05) is 56.9 Å². The molecule has 1 atom stereocenters. The molecule has 1 heterocycles. The van der Waals surface area contributed by atoms with Crippen LogP contribution in [-0.4, -0.2) is 45.8 Å². The number of rotatable bonds is 7. The van der Waals surface area contributed by atoms with Crippen molar-refractivity contribution in [2.45, 2.75) is 18.8 Å². The summed E-state index contributed by atoms with van der Waals surface area (Å²) in [5.74, 6) is 0.0439. The number of esters is 1. The third-order valence-electron chi connectivity index (χ3n) is 6.23. The molecule has 0 amide bonds. The number of hydrogen-bond donors (Lipinski definition) is 1. The predicted molar refractivity (Wildman–Crippen MR) is 130 cm³/mol. The number of carbonyl (C=O) groups excluding carboxylic acids is 1. The van der Waals surface area contributed by atoms with Crippen LogP contribution in [0.25, 0.3) is 0 Å². The number of fused-ring (bicyclic) bond motifs is 1. The second-order valence-corrected chi connectivity index (χ2v) is 8.38. The topological polar surface area (TPSA) is 57.7 Å². The van der Waals surface area contributed by atoms with Gasteiger partial charge in [-0.05, 0) is 66.4 Å². The molecule has 32 heavy (non-hydrogen) atoms. The second-order valence-electron chi connectivity index (χ2n) is 8.38. The number of ether oxygens (including phenoxy) is 1. The highest BCUT2D eigenvalue weighted by Crippen LogP contribution is 2.37. The molecule has 2 aromatic carbocycles. The van der Waals surface area contributed by atoms with E-state index in [1.165, 1.54) is 35.3 Å². The van der Waals surface area contributed by atoms with Crippen LogP contribution >= 0.6 is 0 Å². The van der Waals surface area contributed by atoms with E-state index in [9.17, 15) is 4.79 Å². The van der Waals surface area contributed by atoms with Gasteiger partial charge in [0.25, 0.3) is 0 Å². The lowest BCUT2D eigenvalue weighted by molar-refractivity contribution is 0.0601. The molecule has 0 saturated heterocycles. The van der Waals surface area contributed by atoms with Gasteiger partial charge in [0.2, 0.25) is 0 Å². The van der Waals surface area contributed by atoms with Gasteiger partial charge in [-0.15, -0.1) is 0 Å². The molecule has 0 saturated carbocycles. The largest absolute Gasteiger partial charge is 0.465 e. The van der Waals surface area contributed by atoms with Crippen molar-refractivity contribution in [2.24, 2.45) is 0 Å². The first-order valence-electron chi connectivity index (χ1n) is 10.9. The van der Waals surface area contributed by atoms with Gasteiger partial charge >= 0.3 is 5.97 Å². The Morgan fingerprint density at radius 3 is 2.50 bits per heavy atom. The fourth-order valence-electron chi connectivity index (χ4n) is 4.29. The van der Waals surface area contributed by atoms with Crippen molar-refractivity contribution in [1.29, 1.82) is 0 Å². The Labute approximate surface area is 189 Å². The summed E-state index contributed by atoms with van der Waals surface area (Å²) >= 11 is 0. The average Bonchev–Trinajstić information content (AvgIpc) is 3.24. The Morgan fingerprint density at radius 2 is 1.78 bits per heavy atom. The normalized spacial score (nSPS) is 14.6. The van der Waals surface area contributed by atoms with Crippen molar-refractivity contribution in [1.82, 2.24) is 4.98 Å². The van der Waals surface area contributed by atoms with Crippen LogP contribution < -0.4 is 15.1 Å². The molecule has 1 N–H and O–H groups in total. The van der Waals surface area contributed by atoms with Crippen molar-refractivity contribution < 1.29 is 9.53 Å². The molecule has 3 aromatic rings. The highest BCUT2D eigenvalue weighted by atomic mass is 16.5. The Hall–Kier alpha value is -3.54. The SMILES string of the molecule is COC(=O)c1ccncc1NC[C@@H]1CCc2cc(N(C)c3ccc(N(C)C)cc3)ccc21. The van der Waals surface area contributed by atoms with E-state index in [0.717, 1.165) is 19.4 Å². The van der Waals surface area contributed by atoms with E-state index < -0.39 is 0 Å².